The van der Waals surface area contributed by atoms with Gasteiger partial charge < -0.3 is 5.73 Å². The maximum atomic E-state index is 5.23. The molecular weight excluding hydrogens is 430 g/mol. The summed E-state index contributed by atoms with van der Waals surface area (Å²) in [5, 5.41) is 0. The summed E-state index contributed by atoms with van der Waals surface area (Å²) in [7, 11) is 0. The van der Waals surface area contributed by atoms with Gasteiger partial charge >= 0.3 is 5.96 Å². The number of nitrogens with one attached hydrogen (secondary N) is 2. The molecule has 0 spiro atoms. The first-order chi connectivity index (χ1) is 15.8. The maximum absolute atomic E-state index is 5.23. The minimum Gasteiger partial charge on any atom is -0.358 e. The minimum absolute atomic E-state index is 0. The molecule has 0 aromatic heterocycles. The molecule has 1 heterocycles. The van der Waals surface area contributed by atoms with E-state index in [1.54, 1.807) is 0 Å². The number of guanidine groups is 1. The lowest BCUT2D eigenvalue weighted by atomic mass is 9.90. The molecule has 0 radical (unpaired) electrons. The molecule has 0 unspecified atom stereocenters. The highest BCUT2D eigenvalue weighted by Crippen LogP contribution is 2.22. The van der Waals surface area contributed by atoms with Crippen molar-refractivity contribution in [1.29, 1.82) is 0 Å². The Bertz CT molecular complexity index is 567. The fourth-order valence-corrected chi connectivity index (χ4v) is 2.82. The molecule has 9 N–H and O–H groups in total. The van der Waals surface area contributed by atoms with Gasteiger partial charge in [0.2, 0.25) is 0 Å². The molecule has 0 amide bonds. The molecule has 0 aliphatic carbocycles. The number of allylic oxidation sites excluding steroid dienone is 2. The van der Waals surface area contributed by atoms with Crippen molar-refractivity contribution in [2.45, 2.75) is 134 Å². The van der Waals surface area contributed by atoms with Crippen molar-refractivity contribution in [1.82, 2.24) is 0 Å². The second kappa shape index (κ2) is 20.8. The SMILES string of the molecule is CC(C)(C)CCC1=CCC=[NH+]1.CC(C)(C)CCCC[NH3+].CC(C)(C)CCC[NH+]=C(N)N.CC(C)C.[HH]. The highest BCUT2D eigenvalue weighted by Gasteiger charge is 2.14. The van der Waals surface area contributed by atoms with Gasteiger partial charge in [0.05, 0.1) is 13.1 Å². The predicted molar refractivity (Wildman–Crippen MR) is 160 cm³/mol. The van der Waals surface area contributed by atoms with E-state index in [2.05, 4.69) is 111 Å². The van der Waals surface area contributed by atoms with Crippen LogP contribution in [-0.2, 0) is 0 Å². The monoisotopic (exact) mass is 501 g/mol. The van der Waals surface area contributed by atoms with Crippen molar-refractivity contribution < 1.29 is 17.1 Å². The van der Waals surface area contributed by atoms with Crippen molar-refractivity contribution >= 4 is 12.2 Å². The molecule has 0 fully saturated rings. The molecule has 5 heteroatoms. The van der Waals surface area contributed by atoms with E-state index in [0.29, 0.717) is 22.2 Å². The Morgan fingerprint density at radius 1 is 0.886 bits per heavy atom. The fraction of sp³-hybridized carbons (Fsp3) is 0.867. The third kappa shape index (κ3) is 46.6. The van der Waals surface area contributed by atoms with Gasteiger partial charge in [0.15, 0.2) is 5.70 Å². The zero-order chi connectivity index (χ0) is 28.1. The van der Waals surface area contributed by atoms with Crippen LogP contribution in [0.1, 0.15) is 136 Å². The second-order valence-corrected chi connectivity index (χ2v) is 14.0. The van der Waals surface area contributed by atoms with E-state index >= 15 is 0 Å². The van der Waals surface area contributed by atoms with E-state index in [1.807, 2.05) is 0 Å². The highest BCUT2D eigenvalue weighted by molar-refractivity contribution is 5.69. The number of hydrogen-bond acceptors (Lipinski definition) is 0. The van der Waals surface area contributed by atoms with E-state index in [4.69, 9.17) is 11.5 Å². The topological polar surface area (TPSA) is 108 Å². The third-order valence-corrected chi connectivity index (χ3v) is 4.77. The van der Waals surface area contributed by atoms with Gasteiger partial charge in [-0.1, -0.05) is 83.1 Å². The van der Waals surface area contributed by atoms with Crippen molar-refractivity contribution in [3.8, 4) is 0 Å². The van der Waals surface area contributed by atoms with Crippen LogP contribution >= 0.6 is 0 Å². The first-order valence-electron chi connectivity index (χ1n) is 14.0. The number of rotatable bonds is 8. The minimum atomic E-state index is 0. The number of unbranched alkanes of at least 4 members (excludes halogenated alkanes) is 1. The summed E-state index contributed by atoms with van der Waals surface area (Å²) in [6.45, 7) is 28.9. The Kier molecular flexibility index (Phi) is 22.7. The largest absolute Gasteiger partial charge is 0.358 e. The van der Waals surface area contributed by atoms with Crippen LogP contribution < -0.4 is 27.2 Å². The molecule has 1 aliphatic heterocycles. The van der Waals surface area contributed by atoms with Gasteiger partial charge in [-0.3, -0.25) is 16.5 Å². The van der Waals surface area contributed by atoms with E-state index in [-0.39, 0.29) is 1.43 Å². The summed E-state index contributed by atoms with van der Waals surface area (Å²) in [5.41, 5.74) is 17.1. The molecule has 0 saturated carbocycles. The van der Waals surface area contributed by atoms with Gasteiger partial charge in [-0.15, -0.1) is 0 Å². The smallest absolute Gasteiger partial charge is 0.338 e. The van der Waals surface area contributed by atoms with Gasteiger partial charge in [0.25, 0.3) is 0 Å². The van der Waals surface area contributed by atoms with Crippen molar-refractivity contribution in [3.63, 3.8) is 0 Å². The van der Waals surface area contributed by atoms with Gasteiger partial charge in [-0.05, 0) is 66.8 Å². The van der Waals surface area contributed by atoms with Crippen LogP contribution in [0.5, 0.6) is 0 Å². The van der Waals surface area contributed by atoms with Crippen LogP contribution in [0.3, 0.4) is 0 Å². The van der Waals surface area contributed by atoms with Crippen LogP contribution in [0.25, 0.3) is 0 Å². The number of quaternary nitrogens is 1. The number of hydrogen-bond donors (Lipinski definition) is 5. The molecule has 0 aromatic rings. The number of nitrogens with two attached hydrogens (primary N) is 2. The van der Waals surface area contributed by atoms with Crippen LogP contribution in [0.4, 0.5) is 0 Å². The molecule has 212 valence electrons. The summed E-state index contributed by atoms with van der Waals surface area (Å²) >= 11 is 0. The Balaban J connectivity index is -0.000000197. The Hall–Kier alpha value is -1.36. The molecule has 0 saturated heterocycles. The molecule has 0 bridgehead atoms. The lowest BCUT2D eigenvalue weighted by Gasteiger charge is -2.16. The quantitative estimate of drug-likeness (QED) is 0.199. The van der Waals surface area contributed by atoms with Crippen LogP contribution in [-0.4, -0.2) is 25.3 Å². The maximum Gasteiger partial charge on any atom is 0.338 e. The normalized spacial score (nSPS) is 13.0. The lowest BCUT2D eigenvalue weighted by Crippen LogP contribution is -2.78. The Morgan fingerprint density at radius 3 is 1.69 bits per heavy atom. The molecule has 0 atom stereocenters. The first-order valence-corrected chi connectivity index (χ1v) is 14.0. The predicted octanol–water partition coefficient (Wildman–Crippen LogP) is 3.77. The Morgan fingerprint density at radius 2 is 1.34 bits per heavy atom. The highest BCUT2D eigenvalue weighted by atomic mass is 15.0. The van der Waals surface area contributed by atoms with Gasteiger partial charge in [-0.2, -0.15) is 0 Å². The Labute approximate surface area is 222 Å². The standard InChI is InChI=1S/C10H17N.C8H19N3.C8H19N.C4H10.H2/c1-10(2,3)7-6-9-5-4-8-11-9;1-8(2,3)5-4-6-11-7(9)10;1-8(2,3)6-4-5-7-9;1-4(2)3;/h5,8H,4,6-7H2,1-3H3;4-6H2,1-3H3,(H4,9,10,11);4-7,9H2,1-3H3;4H,1-3H3;1H/p+3. The summed E-state index contributed by atoms with van der Waals surface area (Å²) in [5.74, 6) is 1.15. The average molecular weight is 501 g/mol. The second-order valence-electron chi connectivity index (χ2n) is 14.0. The van der Waals surface area contributed by atoms with E-state index in [9.17, 15) is 0 Å². The van der Waals surface area contributed by atoms with Crippen molar-refractivity contribution in [2.75, 3.05) is 13.1 Å². The molecule has 0 aromatic carbocycles. The third-order valence-electron chi connectivity index (χ3n) is 4.77. The summed E-state index contributed by atoms with van der Waals surface area (Å²) < 4.78 is 0. The first kappa shape index (κ1) is 38.2. The summed E-state index contributed by atoms with van der Waals surface area (Å²) in [4.78, 5) is 6.16. The van der Waals surface area contributed by atoms with E-state index < -0.39 is 0 Å². The van der Waals surface area contributed by atoms with Crippen LogP contribution in [0.2, 0.25) is 0 Å². The van der Waals surface area contributed by atoms with E-state index in [0.717, 1.165) is 31.8 Å². The van der Waals surface area contributed by atoms with Gasteiger partial charge in [0.1, 0.15) is 6.21 Å². The van der Waals surface area contributed by atoms with Gasteiger partial charge in [0, 0.05) is 14.3 Å². The zero-order valence-electron chi connectivity index (χ0n) is 26.2. The van der Waals surface area contributed by atoms with Crippen LogP contribution in [0, 0.1) is 22.2 Å². The summed E-state index contributed by atoms with van der Waals surface area (Å²) in [6, 6.07) is 0. The van der Waals surface area contributed by atoms with Crippen molar-refractivity contribution in [2.24, 2.45) is 33.6 Å². The molecule has 5 nitrogen and oxygen atoms in total. The fourth-order valence-electron chi connectivity index (χ4n) is 2.82. The average Bonchev–Trinajstić information content (AvgIpc) is 3.16. The zero-order valence-corrected chi connectivity index (χ0v) is 26.2. The van der Waals surface area contributed by atoms with Crippen molar-refractivity contribution in [3.05, 3.63) is 11.8 Å². The van der Waals surface area contributed by atoms with E-state index in [1.165, 1.54) is 44.2 Å². The molecular formula is C30H70N5+3. The lowest BCUT2D eigenvalue weighted by molar-refractivity contribution is -0.460. The van der Waals surface area contributed by atoms with Crippen LogP contribution in [0.15, 0.2) is 11.8 Å². The summed E-state index contributed by atoms with van der Waals surface area (Å²) in [6.07, 6.45) is 14.2. The van der Waals surface area contributed by atoms with Gasteiger partial charge in [-0.25, -0.2) is 4.99 Å². The molecule has 1 aliphatic rings. The molecule has 35 heavy (non-hydrogen) atoms. The molecule has 1 rings (SSSR count).